The molecule has 0 bridgehead atoms. The van der Waals surface area contributed by atoms with Gasteiger partial charge in [-0.05, 0) is 67.0 Å². The number of aromatic nitrogens is 2. The number of nitrogens with one attached hydrogen (secondary N) is 2. The van der Waals surface area contributed by atoms with Crippen LogP contribution in [0, 0.1) is 0 Å². The van der Waals surface area contributed by atoms with Crippen molar-refractivity contribution in [2.75, 3.05) is 12.4 Å². The molecule has 0 saturated heterocycles. The van der Waals surface area contributed by atoms with Gasteiger partial charge in [0.15, 0.2) is 0 Å². The van der Waals surface area contributed by atoms with E-state index in [0.29, 0.717) is 10.0 Å². The minimum absolute atomic E-state index is 0.587. The second-order valence-corrected chi connectivity index (χ2v) is 8.16. The van der Waals surface area contributed by atoms with Gasteiger partial charge < -0.3 is 10.6 Å². The maximum absolute atomic E-state index is 6.31. The number of pyridine rings is 1. The third kappa shape index (κ3) is 4.13. The summed E-state index contributed by atoms with van der Waals surface area (Å²) >= 11 is 13.9. The first-order chi connectivity index (χ1) is 13.6. The van der Waals surface area contributed by atoms with Crippen molar-refractivity contribution in [1.29, 1.82) is 0 Å². The zero-order chi connectivity index (χ0) is 19.5. The Bertz CT molecular complexity index is 1110. The quantitative estimate of drug-likeness (QED) is 0.374. The number of fused-ring (bicyclic) bond motifs is 1. The normalized spacial score (nSPS) is 11.1. The van der Waals surface area contributed by atoms with Gasteiger partial charge in [-0.15, -0.1) is 0 Å². The highest BCUT2D eigenvalue weighted by atomic mass is 35.5. The van der Waals surface area contributed by atoms with Crippen molar-refractivity contribution in [2.45, 2.75) is 11.4 Å². The van der Waals surface area contributed by atoms with Crippen LogP contribution in [0.25, 0.3) is 10.9 Å². The maximum Gasteiger partial charge on any atom is 0.0655 e. The topological polar surface area (TPSA) is 41.9 Å². The number of hydrogen-bond acceptors (Lipinski definition) is 4. The summed E-state index contributed by atoms with van der Waals surface area (Å²) < 4.78 is 2.17. The predicted molar refractivity (Wildman–Crippen MR) is 120 cm³/mol. The van der Waals surface area contributed by atoms with E-state index in [-0.39, 0.29) is 0 Å². The van der Waals surface area contributed by atoms with Crippen molar-refractivity contribution in [3.05, 3.63) is 82.7 Å². The van der Waals surface area contributed by atoms with Gasteiger partial charge in [0.05, 0.1) is 16.2 Å². The molecule has 142 valence electrons. The Labute approximate surface area is 178 Å². The van der Waals surface area contributed by atoms with Gasteiger partial charge in [-0.3, -0.25) is 8.96 Å². The molecule has 0 aliphatic heterocycles. The van der Waals surface area contributed by atoms with Crippen LogP contribution in [0.2, 0.25) is 10.0 Å². The molecular formula is C21H18Cl2N4S. The first-order valence-electron chi connectivity index (χ1n) is 8.73. The Kier molecular flexibility index (Phi) is 5.78. The van der Waals surface area contributed by atoms with Crippen molar-refractivity contribution in [1.82, 2.24) is 14.3 Å². The maximum atomic E-state index is 6.31. The zero-order valence-corrected chi connectivity index (χ0v) is 17.4. The van der Waals surface area contributed by atoms with Gasteiger partial charge in [0, 0.05) is 46.1 Å². The summed E-state index contributed by atoms with van der Waals surface area (Å²) in [6, 6.07) is 15.7. The number of hydrogen-bond donors (Lipinski definition) is 2. The third-order valence-electron chi connectivity index (χ3n) is 4.27. The second-order valence-electron chi connectivity index (χ2n) is 6.27. The van der Waals surface area contributed by atoms with Crippen molar-refractivity contribution in [3.63, 3.8) is 0 Å². The number of benzene rings is 2. The summed E-state index contributed by atoms with van der Waals surface area (Å²) in [4.78, 5) is 5.29. The van der Waals surface area contributed by atoms with Crippen LogP contribution in [-0.4, -0.2) is 16.0 Å². The van der Waals surface area contributed by atoms with E-state index in [0.717, 1.165) is 28.3 Å². The molecule has 0 radical (unpaired) electrons. The second kappa shape index (κ2) is 8.45. The number of rotatable bonds is 6. The van der Waals surface area contributed by atoms with Gasteiger partial charge in [-0.1, -0.05) is 29.3 Å². The Morgan fingerprint density at radius 3 is 2.75 bits per heavy atom. The minimum atomic E-state index is 0.587. The van der Waals surface area contributed by atoms with Crippen LogP contribution in [-0.2, 0) is 6.54 Å². The van der Waals surface area contributed by atoms with Crippen molar-refractivity contribution in [3.8, 4) is 0 Å². The summed E-state index contributed by atoms with van der Waals surface area (Å²) in [5.74, 6) is 0. The van der Waals surface area contributed by atoms with Crippen LogP contribution in [0.1, 0.15) is 5.56 Å². The Balaban J connectivity index is 1.73. The molecule has 0 amide bonds. The Hall–Kier alpha value is -2.18. The molecular weight excluding hydrogens is 411 g/mol. The fourth-order valence-corrected chi connectivity index (χ4v) is 4.37. The van der Waals surface area contributed by atoms with Crippen LogP contribution < -0.4 is 10.6 Å². The van der Waals surface area contributed by atoms with Gasteiger partial charge >= 0.3 is 0 Å². The van der Waals surface area contributed by atoms with E-state index in [1.807, 2.05) is 31.4 Å². The molecule has 4 rings (SSSR count). The summed E-state index contributed by atoms with van der Waals surface area (Å²) in [5, 5.41) is 9.03. The Morgan fingerprint density at radius 2 is 2.00 bits per heavy atom. The van der Waals surface area contributed by atoms with E-state index < -0.39 is 0 Å². The molecule has 0 unspecified atom stereocenters. The van der Waals surface area contributed by atoms with Gasteiger partial charge in [-0.25, -0.2) is 0 Å². The Morgan fingerprint density at radius 1 is 1.11 bits per heavy atom. The highest BCUT2D eigenvalue weighted by Crippen LogP contribution is 2.33. The molecule has 2 N–H and O–H groups in total. The van der Waals surface area contributed by atoms with E-state index in [2.05, 4.69) is 50.1 Å². The van der Waals surface area contributed by atoms with Gasteiger partial charge in [0.1, 0.15) is 0 Å². The van der Waals surface area contributed by atoms with Crippen molar-refractivity contribution in [2.24, 2.45) is 0 Å². The number of nitrogens with zero attached hydrogens (tertiary/aromatic N) is 2. The summed E-state index contributed by atoms with van der Waals surface area (Å²) in [7, 11) is 1.95. The fourth-order valence-electron chi connectivity index (χ4n) is 3.01. The molecule has 0 fully saturated rings. The summed E-state index contributed by atoms with van der Waals surface area (Å²) in [6.45, 7) is 0.798. The third-order valence-corrected chi connectivity index (χ3v) is 5.77. The number of anilines is 2. The zero-order valence-electron chi connectivity index (χ0n) is 15.1. The molecule has 2 aromatic heterocycles. The molecule has 0 aliphatic carbocycles. The molecule has 0 aliphatic rings. The first-order valence-corrected chi connectivity index (χ1v) is 10.3. The van der Waals surface area contributed by atoms with Crippen LogP contribution in [0.3, 0.4) is 0 Å². The lowest BCUT2D eigenvalue weighted by Gasteiger charge is -2.10. The fraction of sp³-hybridized carbons (Fsp3) is 0.0952. The highest BCUT2D eigenvalue weighted by molar-refractivity contribution is 7.98. The monoisotopic (exact) mass is 428 g/mol. The van der Waals surface area contributed by atoms with E-state index >= 15 is 0 Å². The van der Waals surface area contributed by atoms with Crippen LogP contribution >= 0.6 is 35.1 Å². The molecule has 4 aromatic rings. The van der Waals surface area contributed by atoms with Gasteiger partial charge in [-0.2, -0.15) is 0 Å². The van der Waals surface area contributed by atoms with Crippen LogP contribution in [0.4, 0.5) is 11.4 Å². The SMILES string of the molecule is CNCc1cn(Sc2cccnc2)c2cc(Nc3ccc(Cl)cc3Cl)ccc12. The average Bonchev–Trinajstić information content (AvgIpc) is 3.02. The van der Waals surface area contributed by atoms with Crippen LogP contribution in [0.15, 0.2) is 72.0 Å². The minimum Gasteiger partial charge on any atom is -0.354 e. The lowest BCUT2D eigenvalue weighted by Crippen LogP contribution is -2.04. The predicted octanol–water partition coefficient (Wildman–Crippen LogP) is 6.36. The molecule has 2 aromatic carbocycles. The summed E-state index contributed by atoms with van der Waals surface area (Å²) in [6.07, 6.45) is 5.81. The van der Waals surface area contributed by atoms with E-state index in [1.54, 1.807) is 24.2 Å². The van der Waals surface area contributed by atoms with Gasteiger partial charge in [0.25, 0.3) is 0 Å². The van der Waals surface area contributed by atoms with E-state index in [1.165, 1.54) is 10.9 Å². The molecule has 4 nitrogen and oxygen atoms in total. The van der Waals surface area contributed by atoms with Gasteiger partial charge in [0.2, 0.25) is 0 Å². The van der Waals surface area contributed by atoms with Crippen LogP contribution in [0.5, 0.6) is 0 Å². The largest absolute Gasteiger partial charge is 0.354 e. The molecule has 0 spiro atoms. The van der Waals surface area contributed by atoms with Crippen molar-refractivity contribution >= 4 is 57.4 Å². The highest BCUT2D eigenvalue weighted by Gasteiger charge is 2.11. The molecule has 2 heterocycles. The molecule has 28 heavy (non-hydrogen) atoms. The molecule has 7 heteroatoms. The lowest BCUT2D eigenvalue weighted by atomic mass is 10.1. The lowest BCUT2D eigenvalue weighted by molar-refractivity contribution is 0.822. The first kappa shape index (κ1) is 19.2. The number of halogens is 2. The molecule has 0 saturated carbocycles. The smallest absolute Gasteiger partial charge is 0.0655 e. The van der Waals surface area contributed by atoms with Crippen molar-refractivity contribution < 1.29 is 0 Å². The average molecular weight is 429 g/mol. The van der Waals surface area contributed by atoms with E-state index in [4.69, 9.17) is 23.2 Å². The molecule has 0 atom stereocenters. The standard InChI is InChI=1S/C21H18Cl2N4S/c1-24-11-14-13-27(28-17-3-2-8-25-12-17)21-10-16(5-6-18(14)21)26-20-7-4-15(22)9-19(20)23/h2-10,12-13,24,26H,11H2,1H3. The van der Waals surface area contributed by atoms with E-state index in [9.17, 15) is 0 Å². The summed E-state index contributed by atoms with van der Waals surface area (Å²) in [5.41, 5.74) is 4.14.